The van der Waals surface area contributed by atoms with Crippen LogP contribution in [0.2, 0.25) is 0 Å². The van der Waals surface area contributed by atoms with E-state index in [2.05, 4.69) is 49.6 Å². The molecule has 1 aromatic rings. The van der Waals surface area contributed by atoms with Crippen LogP contribution in [0.25, 0.3) is 5.57 Å². The van der Waals surface area contributed by atoms with Crippen LogP contribution in [-0.4, -0.2) is 0 Å². The topological polar surface area (TPSA) is 0 Å². The highest BCUT2D eigenvalue weighted by Crippen LogP contribution is 2.31. The van der Waals surface area contributed by atoms with Crippen LogP contribution in [0.3, 0.4) is 0 Å². The van der Waals surface area contributed by atoms with Crippen molar-refractivity contribution in [3.8, 4) is 0 Å². The molecule has 0 N–H and O–H groups in total. The number of hydrogen-bond donors (Lipinski definition) is 0. The zero-order valence-electron chi connectivity index (χ0n) is 10.5. The highest BCUT2D eigenvalue weighted by atomic mass is 14.2. The van der Waals surface area contributed by atoms with E-state index in [-0.39, 0.29) is 0 Å². The molecule has 0 saturated heterocycles. The lowest BCUT2D eigenvalue weighted by molar-refractivity contribution is 0.582. The Kier molecular flexibility index (Phi) is 3.63. The quantitative estimate of drug-likeness (QED) is 0.637. The second-order valence-corrected chi connectivity index (χ2v) is 4.87. The summed E-state index contributed by atoms with van der Waals surface area (Å²) in [6.45, 7) is 9.86. The lowest BCUT2D eigenvalue weighted by Crippen LogP contribution is -2.05. The van der Waals surface area contributed by atoms with E-state index in [4.69, 9.17) is 0 Å². The SMILES string of the molecule is C=CC1C=CC(c2ccc(C(=C)C)cc2)CC1. The van der Waals surface area contributed by atoms with Crippen molar-refractivity contribution in [3.63, 3.8) is 0 Å². The zero-order chi connectivity index (χ0) is 12.3. The first-order chi connectivity index (χ1) is 8.20. The van der Waals surface area contributed by atoms with Crippen molar-refractivity contribution < 1.29 is 0 Å². The first kappa shape index (κ1) is 11.9. The predicted molar refractivity (Wildman–Crippen MR) is 76.0 cm³/mol. The molecule has 2 atom stereocenters. The van der Waals surface area contributed by atoms with Crippen LogP contribution in [0.4, 0.5) is 0 Å². The van der Waals surface area contributed by atoms with Crippen LogP contribution in [0.1, 0.15) is 36.8 Å². The standard InChI is InChI=1S/C17H20/c1-4-14-5-7-16(8-6-14)17-11-9-15(10-12-17)13(2)3/h4-5,7,9-12,14,16H,1-2,6,8H2,3H3. The molecule has 17 heavy (non-hydrogen) atoms. The Hall–Kier alpha value is -1.56. The van der Waals surface area contributed by atoms with E-state index in [0.717, 1.165) is 5.57 Å². The lowest BCUT2D eigenvalue weighted by atomic mass is 9.84. The van der Waals surface area contributed by atoms with Crippen molar-refractivity contribution in [2.45, 2.75) is 25.7 Å². The van der Waals surface area contributed by atoms with Gasteiger partial charge < -0.3 is 0 Å². The highest BCUT2D eigenvalue weighted by molar-refractivity contribution is 5.61. The largest absolute Gasteiger partial charge is 0.102 e. The third-order valence-electron chi connectivity index (χ3n) is 3.54. The molecule has 1 aliphatic carbocycles. The summed E-state index contributed by atoms with van der Waals surface area (Å²) in [5.74, 6) is 1.14. The van der Waals surface area contributed by atoms with E-state index in [1.165, 1.54) is 24.0 Å². The van der Waals surface area contributed by atoms with Gasteiger partial charge in [-0.2, -0.15) is 0 Å². The van der Waals surface area contributed by atoms with Gasteiger partial charge in [-0.05, 0) is 36.8 Å². The molecule has 0 heterocycles. The van der Waals surface area contributed by atoms with Gasteiger partial charge >= 0.3 is 0 Å². The van der Waals surface area contributed by atoms with Crippen molar-refractivity contribution >= 4 is 5.57 Å². The average Bonchev–Trinajstić information content (AvgIpc) is 2.39. The smallest absolute Gasteiger partial charge is 0.00185 e. The summed E-state index contributed by atoms with van der Waals surface area (Å²) in [5, 5.41) is 0. The van der Waals surface area contributed by atoms with Gasteiger partial charge in [-0.25, -0.2) is 0 Å². The molecular weight excluding hydrogens is 204 g/mol. The minimum absolute atomic E-state index is 0.570. The van der Waals surface area contributed by atoms with Gasteiger partial charge in [-0.3, -0.25) is 0 Å². The minimum atomic E-state index is 0.570. The average molecular weight is 224 g/mol. The van der Waals surface area contributed by atoms with Crippen LogP contribution >= 0.6 is 0 Å². The van der Waals surface area contributed by atoms with Crippen molar-refractivity contribution in [2.24, 2.45) is 5.92 Å². The third kappa shape index (κ3) is 2.76. The van der Waals surface area contributed by atoms with Gasteiger partial charge in [-0.15, -0.1) is 6.58 Å². The van der Waals surface area contributed by atoms with Crippen LogP contribution < -0.4 is 0 Å². The molecule has 0 aromatic heterocycles. The number of allylic oxidation sites excluding steroid dienone is 4. The van der Waals surface area contributed by atoms with Gasteiger partial charge in [0.15, 0.2) is 0 Å². The van der Waals surface area contributed by atoms with Gasteiger partial charge in [0, 0.05) is 5.92 Å². The summed E-state index contributed by atoms with van der Waals surface area (Å²) < 4.78 is 0. The first-order valence-corrected chi connectivity index (χ1v) is 6.27. The monoisotopic (exact) mass is 224 g/mol. The summed E-state index contributed by atoms with van der Waals surface area (Å²) in [5.41, 5.74) is 3.77. The van der Waals surface area contributed by atoms with Crippen LogP contribution in [0.15, 0.2) is 55.7 Å². The zero-order valence-corrected chi connectivity index (χ0v) is 10.5. The molecule has 0 spiro atoms. The fourth-order valence-corrected chi connectivity index (χ4v) is 2.33. The van der Waals surface area contributed by atoms with Gasteiger partial charge in [0.2, 0.25) is 0 Å². The van der Waals surface area contributed by atoms with Crippen molar-refractivity contribution in [1.82, 2.24) is 0 Å². The summed E-state index contributed by atoms with van der Waals surface area (Å²) in [6, 6.07) is 8.80. The molecule has 0 radical (unpaired) electrons. The van der Waals surface area contributed by atoms with Crippen LogP contribution in [0, 0.1) is 5.92 Å². The second-order valence-electron chi connectivity index (χ2n) is 4.87. The summed E-state index contributed by atoms with van der Waals surface area (Å²) in [4.78, 5) is 0. The molecule has 0 nitrogen and oxygen atoms in total. The van der Waals surface area contributed by atoms with E-state index in [1.54, 1.807) is 0 Å². The molecule has 2 unspecified atom stereocenters. The fraction of sp³-hybridized carbons (Fsp3) is 0.294. The maximum absolute atomic E-state index is 3.96. The Bertz CT molecular complexity index is 434. The number of rotatable bonds is 3. The minimum Gasteiger partial charge on any atom is -0.102 e. The Morgan fingerprint density at radius 2 is 1.88 bits per heavy atom. The van der Waals surface area contributed by atoms with Crippen molar-refractivity contribution in [3.05, 3.63) is 66.8 Å². The fourth-order valence-electron chi connectivity index (χ4n) is 2.33. The predicted octanol–water partition coefficient (Wildman–Crippen LogP) is 4.96. The third-order valence-corrected chi connectivity index (χ3v) is 3.54. The molecule has 1 aromatic carbocycles. The van der Waals surface area contributed by atoms with E-state index >= 15 is 0 Å². The Balaban J connectivity index is 2.13. The van der Waals surface area contributed by atoms with Crippen molar-refractivity contribution in [2.75, 3.05) is 0 Å². The molecular formula is C17H20. The normalized spacial score (nSPS) is 23.4. The molecule has 0 fully saturated rings. The van der Waals surface area contributed by atoms with E-state index in [1.807, 2.05) is 13.0 Å². The van der Waals surface area contributed by atoms with E-state index in [0.29, 0.717) is 11.8 Å². The van der Waals surface area contributed by atoms with Gasteiger partial charge in [-0.1, -0.05) is 54.6 Å². The summed E-state index contributed by atoms with van der Waals surface area (Å²) in [7, 11) is 0. The maximum atomic E-state index is 3.96. The summed E-state index contributed by atoms with van der Waals surface area (Å²) in [6.07, 6.45) is 9.09. The molecule has 0 amide bonds. The number of hydrogen-bond acceptors (Lipinski definition) is 0. The Morgan fingerprint density at radius 3 is 2.35 bits per heavy atom. The van der Waals surface area contributed by atoms with Crippen LogP contribution in [-0.2, 0) is 0 Å². The summed E-state index contributed by atoms with van der Waals surface area (Å²) >= 11 is 0. The van der Waals surface area contributed by atoms with E-state index < -0.39 is 0 Å². The highest BCUT2D eigenvalue weighted by Gasteiger charge is 2.14. The van der Waals surface area contributed by atoms with Gasteiger partial charge in [0.1, 0.15) is 0 Å². The Labute approximate surface area is 104 Å². The Morgan fingerprint density at radius 1 is 1.18 bits per heavy atom. The first-order valence-electron chi connectivity index (χ1n) is 6.27. The van der Waals surface area contributed by atoms with Gasteiger partial charge in [0.05, 0.1) is 0 Å². The van der Waals surface area contributed by atoms with Crippen molar-refractivity contribution in [1.29, 1.82) is 0 Å². The molecule has 0 aliphatic heterocycles. The lowest BCUT2D eigenvalue weighted by Gasteiger charge is -2.21. The molecule has 0 saturated carbocycles. The molecule has 1 aliphatic rings. The molecule has 2 rings (SSSR count). The van der Waals surface area contributed by atoms with E-state index in [9.17, 15) is 0 Å². The van der Waals surface area contributed by atoms with Crippen LogP contribution in [0.5, 0.6) is 0 Å². The number of benzene rings is 1. The molecule has 0 heteroatoms. The second kappa shape index (κ2) is 5.18. The molecule has 88 valence electrons. The maximum Gasteiger partial charge on any atom is 0.00185 e. The van der Waals surface area contributed by atoms with Gasteiger partial charge in [0.25, 0.3) is 0 Å². The molecule has 0 bridgehead atoms.